The Morgan fingerprint density at radius 1 is 1.06 bits per heavy atom. The smallest absolute Gasteiger partial charge is 0.291 e. The predicted molar refractivity (Wildman–Crippen MR) is 134 cm³/mol. The number of aryl methyl sites for hydroxylation is 1. The first-order chi connectivity index (χ1) is 15.3. The minimum absolute atomic E-state index is 0.244. The number of fused-ring (bicyclic) bond motifs is 1. The summed E-state index contributed by atoms with van der Waals surface area (Å²) >= 11 is 14.2. The molecule has 0 radical (unpaired) electrons. The molecule has 0 unspecified atom stereocenters. The van der Waals surface area contributed by atoms with E-state index in [1.165, 1.54) is 6.07 Å². The molecule has 3 aromatic rings. The standard InChI is InChI=1S/C23H18Cl2IN3O3/c1-12-20-18(28-29-22(30)16-10-5-13(24)11-17(16)25)3-2-4-19(20)32-21(12)23(31)27-15-8-6-14(26)7-9-15/h5-11H,2-4H2,1H3,(H,27,31)(H,29,30)/b28-18+. The Hall–Kier alpha value is -2.36. The van der Waals surface area contributed by atoms with Crippen molar-refractivity contribution < 1.29 is 14.0 Å². The zero-order chi connectivity index (χ0) is 22.8. The molecule has 1 heterocycles. The number of hydrazone groups is 1. The molecule has 0 saturated carbocycles. The second-order valence-corrected chi connectivity index (χ2v) is 9.38. The van der Waals surface area contributed by atoms with Gasteiger partial charge in [0.2, 0.25) is 0 Å². The third kappa shape index (κ3) is 4.84. The SMILES string of the molecule is Cc1c(C(=O)Nc2ccc(I)cc2)oc2c1/C(=N/NC(=O)c1ccc(Cl)cc1Cl)CCC2. The normalized spacial score (nSPS) is 14.2. The number of furan rings is 1. The van der Waals surface area contributed by atoms with Crippen LogP contribution in [0.3, 0.4) is 0 Å². The molecular formula is C23H18Cl2IN3O3. The Labute approximate surface area is 208 Å². The highest BCUT2D eigenvalue weighted by molar-refractivity contribution is 14.1. The lowest BCUT2D eigenvalue weighted by Crippen LogP contribution is -2.22. The number of nitrogens with zero attached hydrogens (tertiary/aromatic N) is 1. The third-order valence-electron chi connectivity index (χ3n) is 5.10. The summed E-state index contributed by atoms with van der Waals surface area (Å²) in [4.78, 5) is 25.3. The molecule has 164 valence electrons. The summed E-state index contributed by atoms with van der Waals surface area (Å²) in [6.07, 6.45) is 2.15. The third-order valence-corrected chi connectivity index (χ3v) is 6.37. The number of rotatable bonds is 4. The van der Waals surface area contributed by atoms with Crippen LogP contribution < -0.4 is 10.7 Å². The minimum atomic E-state index is -0.441. The minimum Gasteiger partial charge on any atom is -0.455 e. The van der Waals surface area contributed by atoms with E-state index in [1.807, 2.05) is 31.2 Å². The topological polar surface area (TPSA) is 83.7 Å². The first-order valence-corrected chi connectivity index (χ1v) is 11.7. The zero-order valence-corrected chi connectivity index (χ0v) is 20.6. The van der Waals surface area contributed by atoms with Crippen LogP contribution in [0.15, 0.2) is 52.0 Å². The van der Waals surface area contributed by atoms with Gasteiger partial charge in [-0.15, -0.1) is 0 Å². The number of amides is 2. The molecule has 2 amide bonds. The Morgan fingerprint density at radius 3 is 2.53 bits per heavy atom. The van der Waals surface area contributed by atoms with Crippen molar-refractivity contribution >= 4 is 69.0 Å². The molecule has 0 aliphatic heterocycles. The highest BCUT2D eigenvalue weighted by atomic mass is 127. The second kappa shape index (κ2) is 9.64. The summed E-state index contributed by atoms with van der Waals surface area (Å²) < 4.78 is 6.98. The van der Waals surface area contributed by atoms with Gasteiger partial charge in [0, 0.05) is 31.8 Å². The molecule has 0 spiro atoms. The molecule has 32 heavy (non-hydrogen) atoms. The number of nitrogens with one attached hydrogen (secondary N) is 2. The van der Waals surface area contributed by atoms with Crippen molar-refractivity contribution in [3.63, 3.8) is 0 Å². The van der Waals surface area contributed by atoms with Crippen LogP contribution in [0.2, 0.25) is 10.0 Å². The number of halogens is 3. The second-order valence-electron chi connectivity index (χ2n) is 7.29. The van der Waals surface area contributed by atoms with E-state index in [9.17, 15) is 9.59 Å². The summed E-state index contributed by atoms with van der Waals surface area (Å²) in [6.45, 7) is 1.82. The van der Waals surface area contributed by atoms with E-state index < -0.39 is 5.91 Å². The van der Waals surface area contributed by atoms with Gasteiger partial charge in [-0.3, -0.25) is 9.59 Å². The maximum Gasteiger partial charge on any atom is 0.291 e. The molecular weight excluding hydrogens is 564 g/mol. The number of carbonyl (C=O) groups is 2. The van der Waals surface area contributed by atoms with E-state index in [-0.39, 0.29) is 22.3 Å². The Balaban J connectivity index is 1.56. The predicted octanol–water partition coefficient (Wildman–Crippen LogP) is 6.22. The van der Waals surface area contributed by atoms with Crippen molar-refractivity contribution in [2.24, 2.45) is 5.10 Å². The summed E-state index contributed by atoms with van der Waals surface area (Å²) in [7, 11) is 0. The van der Waals surface area contributed by atoms with Gasteiger partial charge in [0.25, 0.3) is 11.8 Å². The Kier molecular flexibility index (Phi) is 6.88. The van der Waals surface area contributed by atoms with E-state index in [0.717, 1.165) is 15.6 Å². The average Bonchev–Trinajstić information content (AvgIpc) is 3.11. The fraction of sp³-hybridized carbons (Fsp3) is 0.174. The zero-order valence-electron chi connectivity index (χ0n) is 17.0. The molecule has 0 atom stereocenters. The molecule has 2 N–H and O–H groups in total. The molecule has 0 bridgehead atoms. The lowest BCUT2D eigenvalue weighted by Gasteiger charge is -2.13. The molecule has 1 aliphatic rings. The van der Waals surface area contributed by atoms with Gasteiger partial charge in [0.15, 0.2) is 5.76 Å². The lowest BCUT2D eigenvalue weighted by molar-refractivity contribution is 0.0953. The van der Waals surface area contributed by atoms with Gasteiger partial charge in [-0.1, -0.05) is 23.2 Å². The number of hydrogen-bond donors (Lipinski definition) is 2. The van der Waals surface area contributed by atoms with Crippen molar-refractivity contribution in [2.75, 3.05) is 5.32 Å². The summed E-state index contributed by atoms with van der Waals surface area (Å²) in [5.74, 6) is 0.174. The molecule has 4 rings (SSSR count). The van der Waals surface area contributed by atoms with E-state index in [0.29, 0.717) is 40.6 Å². The van der Waals surface area contributed by atoms with Crippen LogP contribution in [-0.2, 0) is 6.42 Å². The van der Waals surface area contributed by atoms with Gasteiger partial charge in [0.05, 0.1) is 16.3 Å². The van der Waals surface area contributed by atoms with Crippen LogP contribution in [0.5, 0.6) is 0 Å². The van der Waals surface area contributed by atoms with Gasteiger partial charge < -0.3 is 9.73 Å². The van der Waals surface area contributed by atoms with Crippen molar-refractivity contribution in [2.45, 2.75) is 26.2 Å². The maximum atomic E-state index is 12.8. The molecule has 1 aromatic heterocycles. The number of carbonyl (C=O) groups excluding carboxylic acids is 2. The van der Waals surface area contributed by atoms with Crippen LogP contribution in [0.25, 0.3) is 0 Å². The van der Waals surface area contributed by atoms with Crippen LogP contribution >= 0.6 is 45.8 Å². The van der Waals surface area contributed by atoms with E-state index in [2.05, 4.69) is 38.4 Å². The maximum absolute atomic E-state index is 12.8. The van der Waals surface area contributed by atoms with Crippen LogP contribution in [-0.4, -0.2) is 17.5 Å². The lowest BCUT2D eigenvalue weighted by atomic mass is 9.93. The van der Waals surface area contributed by atoms with Gasteiger partial charge >= 0.3 is 0 Å². The van der Waals surface area contributed by atoms with Crippen molar-refractivity contribution in [1.29, 1.82) is 0 Å². The number of anilines is 1. The number of benzene rings is 2. The van der Waals surface area contributed by atoms with Crippen LogP contribution in [0.1, 0.15) is 50.6 Å². The van der Waals surface area contributed by atoms with Crippen LogP contribution in [0, 0.1) is 10.5 Å². The van der Waals surface area contributed by atoms with Crippen LogP contribution in [0.4, 0.5) is 5.69 Å². The van der Waals surface area contributed by atoms with Crippen molar-refractivity contribution in [3.05, 3.63) is 84.3 Å². The monoisotopic (exact) mass is 581 g/mol. The number of hydrogen-bond acceptors (Lipinski definition) is 4. The Bertz CT molecular complexity index is 1240. The van der Waals surface area contributed by atoms with Gasteiger partial charge in [-0.05, 0) is 84.8 Å². The summed E-state index contributed by atoms with van der Waals surface area (Å²) in [5.41, 5.74) is 5.65. The van der Waals surface area contributed by atoms with Gasteiger partial charge in [0.1, 0.15) is 5.76 Å². The van der Waals surface area contributed by atoms with Gasteiger partial charge in [-0.25, -0.2) is 5.43 Å². The fourth-order valence-corrected chi connectivity index (χ4v) is 4.42. The first kappa shape index (κ1) is 22.8. The fourth-order valence-electron chi connectivity index (χ4n) is 3.57. The van der Waals surface area contributed by atoms with E-state index in [4.69, 9.17) is 27.6 Å². The average molecular weight is 582 g/mol. The van der Waals surface area contributed by atoms with E-state index >= 15 is 0 Å². The summed E-state index contributed by atoms with van der Waals surface area (Å²) in [6, 6.07) is 12.1. The van der Waals surface area contributed by atoms with Gasteiger partial charge in [-0.2, -0.15) is 5.10 Å². The molecule has 2 aromatic carbocycles. The molecule has 9 heteroatoms. The van der Waals surface area contributed by atoms with Crippen molar-refractivity contribution in [1.82, 2.24) is 5.43 Å². The summed E-state index contributed by atoms with van der Waals surface area (Å²) in [5, 5.41) is 7.87. The largest absolute Gasteiger partial charge is 0.455 e. The molecule has 6 nitrogen and oxygen atoms in total. The van der Waals surface area contributed by atoms with E-state index in [1.54, 1.807) is 12.1 Å². The Morgan fingerprint density at radius 2 is 1.81 bits per heavy atom. The first-order valence-electron chi connectivity index (χ1n) is 9.85. The highest BCUT2D eigenvalue weighted by Gasteiger charge is 2.28. The quantitative estimate of drug-likeness (QED) is 0.283. The highest BCUT2D eigenvalue weighted by Crippen LogP contribution is 2.30. The molecule has 1 aliphatic carbocycles. The van der Waals surface area contributed by atoms with Crippen molar-refractivity contribution in [3.8, 4) is 0 Å². The molecule has 0 saturated heterocycles. The molecule has 0 fully saturated rings.